The van der Waals surface area contributed by atoms with Crippen LogP contribution in [-0.2, 0) is 0 Å². The molecule has 1 fully saturated rings. The summed E-state index contributed by atoms with van der Waals surface area (Å²) in [6.45, 7) is 0. The van der Waals surface area contributed by atoms with Crippen molar-refractivity contribution >= 4 is 11.6 Å². The van der Waals surface area contributed by atoms with Gasteiger partial charge in [0.05, 0.1) is 5.69 Å². The van der Waals surface area contributed by atoms with Crippen LogP contribution in [0.25, 0.3) is 0 Å². The summed E-state index contributed by atoms with van der Waals surface area (Å²) in [5.74, 6) is -0.242. The molecule has 1 saturated carbocycles. The van der Waals surface area contributed by atoms with Gasteiger partial charge < -0.3 is 5.32 Å². The average molecular weight is 256 g/mol. The van der Waals surface area contributed by atoms with Gasteiger partial charge in [0, 0.05) is 6.20 Å². The molecule has 1 aromatic carbocycles. The maximum absolute atomic E-state index is 13.4. The number of para-hydroxylation sites is 1. The van der Waals surface area contributed by atoms with Crippen molar-refractivity contribution in [2.75, 3.05) is 5.32 Å². The van der Waals surface area contributed by atoms with Gasteiger partial charge in [-0.25, -0.2) is 4.39 Å². The van der Waals surface area contributed by atoms with E-state index in [4.69, 9.17) is 0 Å². The molecule has 0 bridgehead atoms. The SMILES string of the molecule is O=C(Nc1ccccc1F)c1ccc(C2CC2)cn1. The van der Waals surface area contributed by atoms with Gasteiger partial charge in [0.1, 0.15) is 11.5 Å². The molecule has 4 heteroatoms. The number of hydrogen-bond donors (Lipinski definition) is 1. The molecule has 1 aliphatic rings. The van der Waals surface area contributed by atoms with Crippen molar-refractivity contribution in [1.29, 1.82) is 0 Å². The van der Waals surface area contributed by atoms with Gasteiger partial charge >= 0.3 is 0 Å². The predicted octanol–water partition coefficient (Wildman–Crippen LogP) is 3.35. The topological polar surface area (TPSA) is 42.0 Å². The Balaban J connectivity index is 1.74. The third-order valence-electron chi connectivity index (χ3n) is 3.19. The summed E-state index contributed by atoms with van der Waals surface area (Å²) in [6, 6.07) is 9.67. The first-order valence-electron chi connectivity index (χ1n) is 6.26. The zero-order chi connectivity index (χ0) is 13.2. The lowest BCUT2D eigenvalue weighted by atomic mass is 10.2. The van der Waals surface area contributed by atoms with E-state index in [1.54, 1.807) is 24.4 Å². The molecule has 1 heterocycles. The van der Waals surface area contributed by atoms with Crippen molar-refractivity contribution in [1.82, 2.24) is 4.98 Å². The molecule has 3 nitrogen and oxygen atoms in total. The Morgan fingerprint density at radius 3 is 2.63 bits per heavy atom. The van der Waals surface area contributed by atoms with Crippen molar-refractivity contribution in [3.8, 4) is 0 Å². The third-order valence-corrected chi connectivity index (χ3v) is 3.19. The van der Waals surface area contributed by atoms with E-state index in [1.807, 2.05) is 6.07 Å². The second kappa shape index (κ2) is 4.80. The number of rotatable bonds is 3. The number of benzene rings is 1. The Morgan fingerprint density at radius 1 is 1.21 bits per heavy atom. The fraction of sp³-hybridized carbons (Fsp3) is 0.200. The van der Waals surface area contributed by atoms with E-state index < -0.39 is 11.7 Å². The van der Waals surface area contributed by atoms with Crippen LogP contribution in [-0.4, -0.2) is 10.9 Å². The molecule has 1 aliphatic carbocycles. The lowest BCUT2D eigenvalue weighted by molar-refractivity contribution is 0.102. The standard InChI is InChI=1S/C15H13FN2O/c16-12-3-1-2-4-13(12)18-15(19)14-8-7-11(9-17-14)10-5-6-10/h1-4,7-10H,5-6H2,(H,18,19). The molecule has 1 amide bonds. The van der Waals surface area contributed by atoms with Crippen LogP contribution in [0.15, 0.2) is 42.6 Å². The van der Waals surface area contributed by atoms with E-state index in [2.05, 4.69) is 10.3 Å². The number of carbonyl (C=O) groups is 1. The van der Waals surface area contributed by atoms with Crippen LogP contribution in [0.1, 0.15) is 34.8 Å². The molecule has 19 heavy (non-hydrogen) atoms. The number of amides is 1. The lowest BCUT2D eigenvalue weighted by Gasteiger charge is -2.06. The number of nitrogens with one attached hydrogen (secondary N) is 1. The molecule has 0 saturated heterocycles. The minimum absolute atomic E-state index is 0.167. The molecule has 96 valence electrons. The highest BCUT2D eigenvalue weighted by atomic mass is 19.1. The molecule has 0 spiro atoms. The summed E-state index contributed by atoms with van der Waals surface area (Å²) >= 11 is 0. The highest BCUT2D eigenvalue weighted by Crippen LogP contribution is 2.39. The number of halogens is 1. The van der Waals surface area contributed by atoms with Gasteiger partial charge in [-0.2, -0.15) is 0 Å². The van der Waals surface area contributed by atoms with Crippen molar-refractivity contribution < 1.29 is 9.18 Å². The van der Waals surface area contributed by atoms with Gasteiger partial charge in [-0.1, -0.05) is 18.2 Å². The molecule has 0 aliphatic heterocycles. The highest BCUT2D eigenvalue weighted by Gasteiger charge is 2.23. The minimum Gasteiger partial charge on any atom is -0.318 e. The fourth-order valence-corrected chi connectivity index (χ4v) is 1.95. The summed E-state index contributed by atoms with van der Waals surface area (Å²) < 4.78 is 13.4. The van der Waals surface area contributed by atoms with Crippen LogP contribution in [0.4, 0.5) is 10.1 Å². The van der Waals surface area contributed by atoms with Crippen molar-refractivity contribution in [2.45, 2.75) is 18.8 Å². The average Bonchev–Trinajstić information content (AvgIpc) is 3.26. The monoisotopic (exact) mass is 256 g/mol. The maximum Gasteiger partial charge on any atom is 0.274 e. The van der Waals surface area contributed by atoms with Gasteiger partial charge in [0.2, 0.25) is 0 Å². The summed E-state index contributed by atoms with van der Waals surface area (Å²) in [5, 5.41) is 2.51. The number of aromatic nitrogens is 1. The molecule has 1 N–H and O–H groups in total. The second-order valence-corrected chi connectivity index (χ2v) is 4.69. The van der Waals surface area contributed by atoms with Crippen molar-refractivity contribution in [3.05, 3.63) is 59.7 Å². The summed E-state index contributed by atoms with van der Waals surface area (Å²) in [4.78, 5) is 16.1. The van der Waals surface area contributed by atoms with Crippen LogP contribution in [0.3, 0.4) is 0 Å². The zero-order valence-electron chi connectivity index (χ0n) is 10.3. The van der Waals surface area contributed by atoms with Gasteiger partial charge in [-0.05, 0) is 42.5 Å². The van der Waals surface area contributed by atoms with Crippen molar-refractivity contribution in [2.24, 2.45) is 0 Å². The van der Waals surface area contributed by atoms with Crippen LogP contribution >= 0.6 is 0 Å². The Labute approximate surface area is 110 Å². The van der Waals surface area contributed by atoms with E-state index in [0.717, 1.165) is 0 Å². The number of anilines is 1. The number of pyridine rings is 1. The molecular formula is C15H13FN2O. The Hall–Kier alpha value is -2.23. The number of hydrogen-bond acceptors (Lipinski definition) is 2. The van der Waals surface area contributed by atoms with Crippen LogP contribution in [0, 0.1) is 5.82 Å². The first-order valence-corrected chi connectivity index (χ1v) is 6.26. The zero-order valence-corrected chi connectivity index (χ0v) is 10.3. The first-order chi connectivity index (χ1) is 9.24. The Bertz CT molecular complexity index is 606. The van der Waals surface area contributed by atoms with Gasteiger partial charge in [0.15, 0.2) is 0 Å². The van der Waals surface area contributed by atoms with Gasteiger partial charge in [0.25, 0.3) is 5.91 Å². The summed E-state index contributed by atoms with van der Waals surface area (Å²) in [7, 11) is 0. The molecule has 2 aromatic rings. The van der Waals surface area contributed by atoms with Gasteiger partial charge in [-0.3, -0.25) is 9.78 Å². The number of nitrogens with zero attached hydrogens (tertiary/aromatic N) is 1. The third kappa shape index (κ3) is 2.62. The lowest BCUT2D eigenvalue weighted by Crippen LogP contribution is -2.14. The molecule has 1 aromatic heterocycles. The van der Waals surface area contributed by atoms with Crippen LogP contribution < -0.4 is 5.32 Å². The van der Waals surface area contributed by atoms with Crippen molar-refractivity contribution in [3.63, 3.8) is 0 Å². The van der Waals surface area contributed by atoms with E-state index in [0.29, 0.717) is 11.6 Å². The summed E-state index contributed by atoms with van der Waals surface area (Å²) in [5.41, 5.74) is 1.63. The van der Waals surface area contributed by atoms with E-state index in [1.165, 1.54) is 30.5 Å². The Morgan fingerprint density at radius 2 is 2.00 bits per heavy atom. The quantitative estimate of drug-likeness (QED) is 0.915. The Kier molecular flexibility index (Phi) is 2.99. The largest absolute Gasteiger partial charge is 0.318 e. The summed E-state index contributed by atoms with van der Waals surface area (Å²) in [6.07, 6.45) is 4.12. The fourth-order valence-electron chi connectivity index (χ4n) is 1.95. The first kappa shape index (κ1) is 11.8. The van der Waals surface area contributed by atoms with Crippen LogP contribution in [0.2, 0.25) is 0 Å². The second-order valence-electron chi connectivity index (χ2n) is 4.69. The smallest absolute Gasteiger partial charge is 0.274 e. The minimum atomic E-state index is -0.453. The van der Waals surface area contributed by atoms with E-state index in [9.17, 15) is 9.18 Å². The van der Waals surface area contributed by atoms with Crippen LogP contribution in [0.5, 0.6) is 0 Å². The molecule has 0 unspecified atom stereocenters. The van der Waals surface area contributed by atoms with E-state index >= 15 is 0 Å². The molecule has 3 rings (SSSR count). The maximum atomic E-state index is 13.4. The molecule has 0 atom stereocenters. The molecule has 0 radical (unpaired) electrons. The highest BCUT2D eigenvalue weighted by molar-refractivity contribution is 6.02. The van der Waals surface area contributed by atoms with Gasteiger partial charge in [-0.15, -0.1) is 0 Å². The predicted molar refractivity (Wildman–Crippen MR) is 70.6 cm³/mol. The molecular weight excluding hydrogens is 243 g/mol. The number of carbonyl (C=O) groups excluding carboxylic acids is 1. The van der Waals surface area contributed by atoms with E-state index in [-0.39, 0.29) is 5.69 Å². The normalized spacial score (nSPS) is 14.2.